The lowest BCUT2D eigenvalue weighted by Gasteiger charge is -2.42. The van der Waals surface area contributed by atoms with E-state index in [-0.39, 0.29) is 0 Å². The Labute approximate surface area is 105 Å². The fourth-order valence-electron chi connectivity index (χ4n) is 5.22. The fourth-order valence-corrected chi connectivity index (χ4v) is 5.22. The van der Waals surface area contributed by atoms with Gasteiger partial charge in [-0.05, 0) is 74.2 Å². The molecule has 4 aliphatic rings. The molecule has 0 bridgehead atoms. The minimum atomic E-state index is 0.949. The van der Waals surface area contributed by atoms with Crippen molar-refractivity contribution in [1.29, 1.82) is 0 Å². The molecule has 92 valence electrons. The predicted octanol–water partition coefficient (Wildman–Crippen LogP) is 4.87. The van der Waals surface area contributed by atoms with Crippen molar-refractivity contribution in [2.75, 3.05) is 0 Å². The van der Waals surface area contributed by atoms with Crippen LogP contribution in [-0.2, 0) is 0 Å². The Morgan fingerprint density at radius 1 is 0.882 bits per heavy atom. The van der Waals surface area contributed by atoms with Crippen LogP contribution < -0.4 is 0 Å². The molecule has 0 spiro atoms. The minimum Gasteiger partial charge on any atom is -0.0808 e. The molecule has 4 atom stereocenters. The first-order valence-corrected chi connectivity index (χ1v) is 7.84. The second-order valence-electron chi connectivity index (χ2n) is 6.72. The third-order valence-electron chi connectivity index (χ3n) is 6.00. The van der Waals surface area contributed by atoms with E-state index in [4.69, 9.17) is 0 Å². The van der Waals surface area contributed by atoms with Crippen LogP contribution in [0, 0.1) is 23.7 Å². The lowest BCUT2D eigenvalue weighted by atomic mass is 9.63. The Morgan fingerprint density at radius 2 is 1.88 bits per heavy atom. The molecule has 2 fully saturated rings. The van der Waals surface area contributed by atoms with Crippen molar-refractivity contribution in [3.8, 4) is 0 Å². The topological polar surface area (TPSA) is 0 Å². The molecule has 0 amide bonds. The lowest BCUT2D eigenvalue weighted by Crippen LogP contribution is -2.30. The summed E-state index contributed by atoms with van der Waals surface area (Å²) in [5.41, 5.74) is 3.72. The lowest BCUT2D eigenvalue weighted by molar-refractivity contribution is 0.256. The van der Waals surface area contributed by atoms with Crippen molar-refractivity contribution in [1.82, 2.24) is 0 Å². The van der Waals surface area contributed by atoms with E-state index < -0.39 is 0 Å². The highest BCUT2D eigenvalue weighted by Crippen LogP contribution is 2.52. The highest BCUT2D eigenvalue weighted by atomic mass is 14.4. The van der Waals surface area contributed by atoms with E-state index in [1.54, 1.807) is 0 Å². The maximum atomic E-state index is 2.58. The summed E-state index contributed by atoms with van der Waals surface area (Å²) in [6, 6.07) is 0. The van der Waals surface area contributed by atoms with E-state index >= 15 is 0 Å². The van der Waals surface area contributed by atoms with Gasteiger partial charge in [0.05, 0.1) is 0 Å². The Balaban J connectivity index is 1.74. The van der Waals surface area contributed by atoms with Gasteiger partial charge in [-0.1, -0.05) is 30.6 Å². The highest BCUT2D eigenvalue weighted by molar-refractivity contribution is 5.36. The second-order valence-corrected chi connectivity index (χ2v) is 6.72. The largest absolute Gasteiger partial charge is 0.0808 e. The van der Waals surface area contributed by atoms with E-state index in [2.05, 4.69) is 12.2 Å². The smallest absolute Gasteiger partial charge is 0.0128 e. The van der Waals surface area contributed by atoms with Gasteiger partial charge in [0.2, 0.25) is 0 Å². The number of allylic oxidation sites excluding steroid dienone is 4. The van der Waals surface area contributed by atoms with Gasteiger partial charge in [-0.3, -0.25) is 0 Å². The molecule has 0 aromatic heterocycles. The summed E-state index contributed by atoms with van der Waals surface area (Å²) < 4.78 is 0. The SMILES string of the molecule is C1=CC2CCCC2C2CCC3CCCCC3=C12. The monoisotopic (exact) mass is 228 g/mol. The van der Waals surface area contributed by atoms with Crippen molar-refractivity contribution < 1.29 is 0 Å². The summed E-state index contributed by atoms with van der Waals surface area (Å²) >= 11 is 0. The van der Waals surface area contributed by atoms with Gasteiger partial charge in [-0.2, -0.15) is 0 Å². The molecular formula is C17H24. The van der Waals surface area contributed by atoms with Gasteiger partial charge in [0.15, 0.2) is 0 Å². The fraction of sp³-hybridized carbons (Fsp3) is 0.765. The van der Waals surface area contributed by atoms with Crippen molar-refractivity contribution in [3.63, 3.8) is 0 Å². The molecule has 0 heteroatoms. The van der Waals surface area contributed by atoms with E-state index in [0.29, 0.717) is 0 Å². The van der Waals surface area contributed by atoms with Gasteiger partial charge in [0.25, 0.3) is 0 Å². The van der Waals surface area contributed by atoms with Crippen LogP contribution in [0.3, 0.4) is 0 Å². The van der Waals surface area contributed by atoms with Gasteiger partial charge in [-0.15, -0.1) is 0 Å². The standard InChI is InChI=1S/C17H24/c1-2-6-14-12(4-1)8-10-17-15-7-3-5-13(15)9-11-16(14)17/h9,11-13,15,17H,1-8,10H2. The number of rotatable bonds is 0. The molecule has 0 saturated heterocycles. The molecule has 0 heterocycles. The zero-order valence-corrected chi connectivity index (χ0v) is 10.8. The minimum absolute atomic E-state index is 0.949. The quantitative estimate of drug-likeness (QED) is 0.555. The summed E-state index contributed by atoms with van der Waals surface area (Å²) in [5.74, 6) is 3.93. The molecule has 4 aliphatic carbocycles. The maximum absolute atomic E-state index is 2.58. The van der Waals surface area contributed by atoms with Crippen LogP contribution in [0.4, 0.5) is 0 Å². The molecule has 0 aromatic carbocycles. The number of hydrogen-bond acceptors (Lipinski definition) is 0. The first-order valence-electron chi connectivity index (χ1n) is 7.84. The van der Waals surface area contributed by atoms with Crippen LogP contribution in [0.1, 0.15) is 57.8 Å². The molecule has 17 heavy (non-hydrogen) atoms. The summed E-state index contributed by atoms with van der Waals surface area (Å²) in [7, 11) is 0. The van der Waals surface area contributed by atoms with Crippen LogP contribution in [0.15, 0.2) is 23.3 Å². The molecule has 0 aromatic rings. The van der Waals surface area contributed by atoms with Crippen molar-refractivity contribution in [2.24, 2.45) is 23.7 Å². The van der Waals surface area contributed by atoms with E-state index in [1.807, 2.05) is 11.1 Å². The van der Waals surface area contributed by atoms with Gasteiger partial charge < -0.3 is 0 Å². The van der Waals surface area contributed by atoms with Crippen LogP contribution in [-0.4, -0.2) is 0 Å². The average Bonchev–Trinajstić information content (AvgIpc) is 2.86. The Kier molecular flexibility index (Phi) is 2.45. The zero-order valence-electron chi connectivity index (χ0n) is 10.8. The number of fused-ring (bicyclic) bond motifs is 4. The molecule has 2 saturated carbocycles. The van der Waals surface area contributed by atoms with Gasteiger partial charge in [0, 0.05) is 0 Å². The van der Waals surface area contributed by atoms with Crippen LogP contribution in [0.2, 0.25) is 0 Å². The summed E-state index contributed by atoms with van der Waals surface area (Å²) in [6.45, 7) is 0. The first-order chi connectivity index (χ1) is 8.43. The third kappa shape index (κ3) is 1.56. The predicted molar refractivity (Wildman–Crippen MR) is 71.7 cm³/mol. The summed E-state index contributed by atoms with van der Waals surface area (Å²) in [4.78, 5) is 0. The van der Waals surface area contributed by atoms with Crippen molar-refractivity contribution in [2.45, 2.75) is 57.8 Å². The Morgan fingerprint density at radius 3 is 2.88 bits per heavy atom. The maximum Gasteiger partial charge on any atom is -0.0128 e. The Hall–Kier alpha value is -0.520. The number of hydrogen-bond donors (Lipinski definition) is 0. The normalized spacial score (nSPS) is 44.2. The van der Waals surface area contributed by atoms with Gasteiger partial charge in [-0.25, -0.2) is 0 Å². The van der Waals surface area contributed by atoms with Crippen molar-refractivity contribution in [3.05, 3.63) is 23.3 Å². The van der Waals surface area contributed by atoms with Crippen molar-refractivity contribution >= 4 is 0 Å². The van der Waals surface area contributed by atoms with E-state index in [0.717, 1.165) is 23.7 Å². The van der Waals surface area contributed by atoms with Gasteiger partial charge in [0.1, 0.15) is 0 Å². The Bertz CT molecular complexity index is 373. The molecule has 0 aliphatic heterocycles. The highest BCUT2D eigenvalue weighted by Gasteiger charge is 2.40. The van der Waals surface area contributed by atoms with E-state index in [9.17, 15) is 0 Å². The summed E-state index contributed by atoms with van der Waals surface area (Å²) in [6.07, 6.45) is 18.5. The van der Waals surface area contributed by atoms with Gasteiger partial charge >= 0.3 is 0 Å². The molecular weight excluding hydrogens is 204 g/mol. The van der Waals surface area contributed by atoms with Crippen LogP contribution >= 0.6 is 0 Å². The van der Waals surface area contributed by atoms with E-state index in [1.165, 1.54) is 57.8 Å². The third-order valence-corrected chi connectivity index (χ3v) is 6.00. The molecule has 4 rings (SSSR count). The zero-order chi connectivity index (χ0) is 11.2. The van der Waals surface area contributed by atoms with Crippen LogP contribution in [0.25, 0.3) is 0 Å². The molecule has 0 N–H and O–H groups in total. The van der Waals surface area contributed by atoms with Crippen LogP contribution in [0.5, 0.6) is 0 Å². The molecule has 0 radical (unpaired) electrons. The molecule has 4 unspecified atom stereocenters. The average molecular weight is 228 g/mol. The molecule has 0 nitrogen and oxygen atoms in total. The second kappa shape index (κ2) is 4.00. The summed E-state index contributed by atoms with van der Waals surface area (Å²) in [5, 5.41) is 0. The first kappa shape index (κ1) is 10.4.